The number of carbonyl (C=O) groups excluding carboxylic acids is 1. The zero-order valence-corrected chi connectivity index (χ0v) is 16.7. The Morgan fingerprint density at radius 2 is 1.55 bits per heavy atom. The fourth-order valence-electron chi connectivity index (χ4n) is 1.66. The van der Waals surface area contributed by atoms with Crippen LogP contribution in [-0.2, 0) is 0 Å². The quantitative estimate of drug-likeness (QED) is 0.489. The predicted octanol–water partition coefficient (Wildman–Crippen LogP) is 6.30. The maximum Gasteiger partial charge on any atom is 0.256 e. The molecule has 0 saturated heterocycles. The number of amides is 1. The predicted molar refractivity (Wildman–Crippen MR) is 96.4 cm³/mol. The first-order valence-corrected chi connectivity index (χ1v) is 8.77. The molecular weight excluding hydrogens is 518 g/mol. The van der Waals surface area contributed by atoms with Crippen LogP contribution in [0.15, 0.2) is 48.2 Å². The van der Waals surface area contributed by atoms with Crippen molar-refractivity contribution in [3.05, 3.63) is 59.3 Å². The van der Waals surface area contributed by atoms with Crippen LogP contribution < -0.4 is 5.32 Å². The second-order valence-electron chi connectivity index (χ2n) is 4.18. The smallest absolute Gasteiger partial charge is 0.256 e. The lowest BCUT2D eigenvalue weighted by Gasteiger charge is -2.11. The van der Waals surface area contributed by atoms with Crippen molar-refractivity contribution < 1.29 is 4.79 Å². The van der Waals surface area contributed by atoms with Crippen molar-refractivity contribution in [1.82, 2.24) is 0 Å². The lowest BCUT2D eigenvalue weighted by molar-refractivity contribution is 0.102. The van der Waals surface area contributed by atoms with Crippen molar-refractivity contribution in [3.63, 3.8) is 0 Å². The highest BCUT2D eigenvalue weighted by molar-refractivity contribution is 9.11. The van der Waals surface area contributed by atoms with Gasteiger partial charge in [0.2, 0.25) is 0 Å². The summed E-state index contributed by atoms with van der Waals surface area (Å²) >= 11 is 13.7. The summed E-state index contributed by atoms with van der Waals surface area (Å²) in [6.45, 7) is 1.95. The van der Waals surface area contributed by atoms with Crippen molar-refractivity contribution >= 4 is 75.3 Å². The summed E-state index contributed by atoms with van der Waals surface area (Å²) in [5.74, 6) is -0.163. The monoisotopic (exact) mass is 523 g/mol. The minimum atomic E-state index is -0.163. The third kappa shape index (κ3) is 3.72. The summed E-state index contributed by atoms with van der Waals surface area (Å²) in [5.41, 5.74) is 2.34. The zero-order chi connectivity index (χ0) is 14.9. The van der Waals surface area contributed by atoms with Crippen molar-refractivity contribution in [1.29, 1.82) is 0 Å². The molecule has 2 nitrogen and oxygen atoms in total. The highest BCUT2D eigenvalue weighted by Gasteiger charge is 2.14. The molecule has 104 valence electrons. The molecule has 2 aromatic rings. The van der Waals surface area contributed by atoms with Crippen molar-refractivity contribution in [2.24, 2.45) is 0 Å². The average molecular weight is 527 g/mol. The minimum Gasteiger partial charge on any atom is -0.320 e. The topological polar surface area (TPSA) is 29.1 Å². The van der Waals surface area contributed by atoms with Gasteiger partial charge in [-0.3, -0.25) is 4.79 Å². The van der Waals surface area contributed by atoms with Crippen molar-refractivity contribution in [2.45, 2.75) is 6.92 Å². The van der Waals surface area contributed by atoms with Crippen LogP contribution in [-0.4, -0.2) is 5.91 Å². The fourth-order valence-corrected chi connectivity index (χ4v) is 4.54. The van der Waals surface area contributed by atoms with E-state index in [1.165, 1.54) is 0 Å². The zero-order valence-electron chi connectivity index (χ0n) is 10.3. The van der Waals surface area contributed by atoms with E-state index >= 15 is 0 Å². The first kappa shape index (κ1) is 16.2. The number of anilines is 1. The summed E-state index contributed by atoms with van der Waals surface area (Å²) in [7, 11) is 0. The molecule has 0 unspecified atom stereocenters. The Morgan fingerprint density at radius 1 is 0.950 bits per heavy atom. The number of aryl methyl sites for hydroxylation is 1. The highest BCUT2D eigenvalue weighted by atomic mass is 79.9. The largest absolute Gasteiger partial charge is 0.320 e. The molecule has 0 saturated carbocycles. The van der Waals surface area contributed by atoms with Gasteiger partial charge < -0.3 is 5.32 Å². The summed E-state index contributed by atoms with van der Waals surface area (Å²) in [5, 5.41) is 2.91. The molecule has 0 fully saturated rings. The number of hydrogen-bond donors (Lipinski definition) is 1. The minimum absolute atomic E-state index is 0.163. The van der Waals surface area contributed by atoms with Gasteiger partial charge in [-0.2, -0.15) is 0 Å². The lowest BCUT2D eigenvalue weighted by Crippen LogP contribution is -2.13. The Morgan fingerprint density at radius 3 is 2.15 bits per heavy atom. The molecule has 1 amide bonds. The first-order chi connectivity index (χ1) is 9.38. The van der Waals surface area contributed by atoms with E-state index in [-0.39, 0.29) is 5.91 Å². The highest BCUT2D eigenvalue weighted by Crippen LogP contribution is 2.35. The summed E-state index contributed by atoms with van der Waals surface area (Å²) in [6.07, 6.45) is 0. The average Bonchev–Trinajstić information content (AvgIpc) is 2.36. The molecule has 0 bridgehead atoms. The van der Waals surface area contributed by atoms with Crippen LogP contribution in [0.2, 0.25) is 0 Å². The molecule has 2 aromatic carbocycles. The van der Waals surface area contributed by atoms with Gasteiger partial charge in [-0.05, 0) is 79.0 Å². The molecule has 0 aliphatic rings. The number of nitrogens with one attached hydrogen (secondary N) is 1. The maximum absolute atomic E-state index is 12.4. The van der Waals surface area contributed by atoms with Crippen LogP contribution in [0, 0.1) is 6.92 Å². The second-order valence-corrected chi connectivity index (χ2v) is 7.66. The van der Waals surface area contributed by atoms with Crippen LogP contribution in [0.25, 0.3) is 0 Å². The molecule has 0 aromatic heterocycles. The van der Waals surface area contributed by atoms with Gasteiger partial charge in [0.25, 0.3) is 5.91 Å². The molecular formula is C14H9Br4NO. The molecule has 0 atom stereocenters. The van der Waals surface area contributed by atoms with Gasteiger partial charge in [0.15, 0.2) is 0 Å². The Hall–Kier alpha value is -0.170. The SMILES string of the molecule is Cc1ccc(Br)c(C(=O)Nc2c(Br)cc(Br)cc2Br)c1. The Kier molecular flexibility index (Phi) is 5.45. The van der Waals surface area contributed by atoms with Crippen LogP contribution in [0.4, 0.5) is 5.69 Å². The second kappa shape index (κ2) is 6.73. The number of benzene rings is 2. The Bertz CT molecular complexity index is 662. The molecule has 2 rings (SSSR count). The number of rotatable bonds is 2. The molecule has 0 radical (unpaired) electrons. The molecule has 0 aliphatic carbocycles. The first-order valence-electron chi connectivity index (χ1n) is 5.60. The van der Waals surface area contributed by atoms with Gasteiger partial charge in [-0.15, -0.1) is 0 Å². The number of carbonyl (C=O) groups is 1. The Labute approximate surface area is 150 Å². The van der Waals surface area contributed by atoms with E-state index in [1.807, 2.05) is 37.3 Å². The third-order valence-electron chi connectivity index (χ3n) is 2.61. The van der Waals surface area contributed by atoms with Crippen LogP contribution >= 0.6 is 63.7 Å². The molecule has 0 heterocycles. The molecule has 0 aliphatic heterocycles. The lowest BCUT2D eigenvalue weighted by atomic mass is 10.1. The van der Waals surface area contributed by atoms with Gasteiger partial charge in [0.05, 0.1) is 11.3 Å². The van der Waals surface area contributed by atoms with E-state index in [0.29, 0.717) is 11.3 Å². The van der Waals surface area contributed by atoms with E-state index in [9.17, 15) is 4.79 Å². The van der Waals surface area contributed by atoms with Gasteiger partial charge in [-0.1, -0.05) is 27.6 Å². The molecule has 6 heteroatoms. The number of hydrogen-bond acceptors (Lipinski definition) is 1. The number of halogens is 4. The van der Waals surface area contributed by atoms with Gasteiger partial charge in [-0.25, -0.2) is 0 Å². The van der Waals surface area contributed by atoms with Crippen molar-refractivity contribution in [3.8, 4) is 0 Å². The Balaban J connectivity index is 2.35. The summed E-state index contributed by atoms with van der Waals surface area (Å²) in [4.78, 5) is 12.4. The van der Waals surface area contributed by atoms with E-state index in [0.717, 1.165) is 23.5 Å². The van der Waals surface area contributed by atoms with E-state index in [4.69, 9.17) is 0 Å². The molecule has 1 N–H and O–H groups in total. The van der Waals surface area contributed by atoms with Gasteiger partial charge in [0.1, 0.15) is 0 Å². The fraction of sp³-hybridized carbons (Fsp3) is 0.0714. The van der Waals surface area contributed by atoms with E-state index in [2.05, 4.69) is 69.0 Å². The summed E-state index contributed by atoms with van der Waals surface area (Å²) in [6, 6.07) is 9.43. The van der Waals surface area contributed by atoms with Crippen LogP contribution in [0.5, 0.6) is 0 Å². The summed E-state index contributed by atoms with van der Waals surface area (Å²) < 4.78 is 3.29. The van der Waals surface area contributed by atoms with Gasteiger partial charge >= 0.3 is 0 Å². The third-order valence-corrected chi connectivity index (χ3v) is 5.01. The van der Waals surface area contributed by atoms with Crippen molar-refractivity contribution in [2.75, 3.05) is 5.32 Å². The van der Waals surface area contributed by atoms with Crippen LogP contribution in [0.1, 0.15) is 15.9 Å². The van der Waals surface area contributed by atoms with E-state index < -0.39 is 0 Å². The van der Waals surface area contributed by atoms with Crippen LogP contribution in [0.3, 0.4) is 0 Å². The molecule has 20 heavy (non-hydrogen) atoms. The molecule has 0 spiro atoms. The van der Waals surface area contributed by atoms with Gasteiger partial charge in [0, 0.05) is 17.9 Å². The van der Waals surface area contributed by atoms with E-state index in [1.54, 1.807) is 0 Å². The maximum atomic E-state index is 12.4. The standard InChI is InChI=1S/C14H9Br4NO/c1-7-2-3-10(16)9(4-7)14(20)19-13-11(17)5-8(15)6-12(13)18/h2-6H,1H3,(H,19,20). The normalized spacial score (nSPS) is 10.4.